The molecule has 0 aliphatic heterocycles. The monoisotopic (exact) mass is 376 g/mol. The molecule has 1 aromatic carbocycles. The second kappa shape index (κ2) is 7.86. The molecule has 8 nitrogen and oxygen atoms in total. The van der Waals surface area contributed by atoms with Crippen molar-refractivity contribution >= 4 is 23.7 Å². The lowest BCUT2D eigenvalue weighted by Crippen LogP contribution is -2.49. The molecule has 0 fully saturated rings. The van der Waals surface area contributed by atoms with Gasteiger partial charge in [-0.05, 0) is 69.2 Å². The van der Waals surface area contributed by atoms with E-state index in [-0.39, 0.29) is 0 Å². The molecule has 0 unspecified atom stereocenters. The van der Waals surface area contributed by atoms with Gasteiger partial charge in [0, 0.05) is 5.54 Å². The number of rotatable bonds is 4. The molecule has 1 atom stereocenters. The van der Waals surface area contributed by atoms with E-state index >= 15 is 0 Å². The number of tetrazole rings is 1. The molecule has 0 radical (unpaired) electrons. The average molecular weight is 376 g/mol. The lowest BCUT2D eigenvalue weighted by molar-refractivity contribution is -0.119. The molecule has 0 saturated carbocycles. The van der Waals surface area contributed by atoms with E-state index in [9.17, 15) is 9.59 Å². The van der Waals surface area contributed by atoms with Crippen molar-refractivity contribution in [1.29, 1.82) is 0 Å². The molecule has 0 aliphatic carbocycles. The Balaban J connectivity index is 2.10. The van der Waals surface area contributed by atoms with Crippen LogP contribution < -0.4 is 10.6 Å². The van der Waals surface area contributed by atoms with Gasteiger partial charge >= 0.3 is 6.03 Å². The third-order valence-electron chi connectivity index (χ3n) is 3.41. The molecule has 2 aromatic rings. The SMILES string of the molecule is Cc1ccc(C)c(-n2nnnc2S[C@@H](C)C(=O)NC(=O)NC(C)(C)C)c1. The minimum Gasteiger partial charge on any atom is -0.333 e. The van der Waals surface area contributed by atoms with Crippen LogP contribution in [0.1, 0.15) is 38.8 Å². The number of hydrogen-bond donors (Lipinski definition) is 2. The van der Waals surface area contributed by atoms with Gasteiger partial charge in [0.25, 0.3) is 0 Å². The van der Waals surface area contributed by atoms with E-state index in [1.807, 2.05) is 52.8 Å². The van der Waals surface area contributed by atoms with E-state index in [4.69, 9.17) is 0 Å². The lowest BCUT2D eigenvalue weighted by atomic mass is 10.1. The van der Waals surface area contributed by atoms with Gasteiger partial charge in [-0.1, -0.05) is 23.9 Å². The van der Waals surface area contributed by atoms with Crippen molar-refractivity contribution < 1.29 is 9.59 Å². The van der Waals surface area contributed by atoms with Gasteiger partial charge in [0.15, 0.2) is 0 Å². The van der Waals surface area contributed by atoms with Crippen LogP contribution >= 0.6 is 11.8 Å². The van der Waals surface area contributed by atoms with Gasteiger partial charge in [-0.3, -0.25) is 10.1 Å². The summed E-state index contributed by atoms with van der Waals surface area (Å²) in [5.41, 5.74) is 2.54. The molecule has 0 bridgehead atoms. The molecule has 140 valence electrons. The molecule has 0 saturated heterocycles. The van der Waals surface area contributed by atoms with E-state index in [0.717, 1.165) is 16.8 Å². The van der Waals surface area contributed by atoms with Gasteiger partial charge in [-0.2, -0.15) is 4.68 Å². The van der Waals surface area contributed by atoms with Crippen LogP contribution in [-0.4, -0.2) is 42.9 Å². The number of amides is 3. The Morgan fingerprint density at radius 1 is 1.23 bits per heavy atom. The number of nitrogens with zero attached hydrogens (tertiary/aromatic N) is 4. The summed E-state index contributed by atoms with van der Waals surface area (Å²) in [5, 5.41) is 16.7. The predicted octanol–water partition coefficient (Wildman–Crippen LogP) is 2.38. The maximum absolute atomic E-state index is 12.3. The smallest absolute Gasteiger partial charge is 0.321 e. The summed E-state index contributed by atoms with van der Waals surface area (Å²) in [7, 11) is 0. The molecule has 0 spiro atoms. The van der Waals surface area contributed by atoms with E-state index in [1.165, 1.54) is 11.8 Å². The molecule has 0 aliphatic rings. The van der Waals surface area contributed by atoms with Crippen molar-refractivity contribution in [3.05, 3.63) is 29.3 Å². The Kier molecular flexibility index (Phi) is 6.01. The van der Waals surface area contributed by atoms with Gasteiger partial charge in [-0.15, -0.1) is 5.10 Å². The zero-order chi connectivity index (χ0) is 19.5. The highest BCUT2D eigenvalue weighted by atomic mass is 32.2. The average Bonchev–Trinajstić information content (AvgIpc) is 2.95. The quantitative estimate of drug-likeness (QED) is 0.795. The predicted molar refractivity (Wildman–Crippen MR) is 100 cm³/mol. The third kappa shape index (κ3) is 5.29. The first-order valence-electron chi connectivity index (χ1n) is 8.22. The number of thioether (sulfide) groups is 1. The number of aromatic nitrogens is 4. The largest absolute Gasteiger partial charge is 0.333 e. The van der Waals surface area contributed by atoms with Crippen LogP contribution in [0, 0.1) is 13.8 Å². The lowest BCUT2D eigenvalue weighted by Gasteiger charge is -2.21. The van der Waals surface area contributed by atoms with Crippen molar-refractivity contribution in [1.82, 2.24) is 30.8 Å². The molecule has 2 N–H and O–H groups in total. The van der Waals surface area contributed by atoms with E-state index < -0.39 is 22.7 Å². The van der Waals surface area contributed by atoms with Crippen LogP contribution in [0.4, 0.5) is 4.79 Å². The van der Waals surface area contributed by atoms with Crippen LogP contribution in [0.15, 0.2) is 23.4 Å². The number of aryl methyl sites for hydroxylation is 2. The van der Waals surface area contributed by atoms with Crippen molar-refractivity contribution in [3.8, 4) is 5.69 Å². The first-order chi connectivity index (χ1) is 12.1. The molecular weight excluding hydrogens is 352 g/mol. The second-order valence-corrected chi connectivity index (χ2v) is 8.42. The number of hydrogen-bond acceptors (Lipinski definition) is 6. The van der Waals surface area contributed by atoms with Gasteiger partial charge in [-0.25, -0.2) is 4.79 Å². The maximum Gasteiger partial charge on any atom is 0.321 e. The molecule has 3 amide bonds. The van der Waals surface area contributed by atoms with E-state index in [2.05, 4.69) is 26.2 Å². The summed E-state index contributed by atoms with van der Waals surface area (Å²) >= 11 is 1.19. The molecule has 1 heterocycles. The zero-order valence-corrected chi connectivity index (χ0v) is 16.6. The fourth-order valence-electron chi connectivity index (χ4n) is 2.15. The number of carbonyl (C=O) groups is 2. The van der Waals surface area contributed by atoms with Crippen LogP contribution in [0.3, 0.4) is 0 Å². The summed E-state index contributed by atoms with van der Waals surface area (Å²) < 4.78 is 1.60. The summed E-state index contributed by atoms with van der Waals surface area (Å²) in [6.07, 6.45) is 0. The number of nitrogens with one attached hydrogen (secondary N) is 2. The van der Waals surface area contributed by atoms with Crippen LogP contribution in [0.5, 0.6) is 0 Å². The molecule has 26 heavy (non-hydrogen) atoms. The molecule has 9 heteroatoms. The second-order valence-electron chi connectivity index (χ2n) is 7.12. The van der Waals surface area contributed by atoms with Gasteiger partial charge in [0.05, 0.1) is 10.9 Å². The molecular formula is C17H24N6O2S. The van der Waals surface area contributed by atoms with Crippen molar-refractivity contribution in [2.24, 2.45) is 0 Å². The van der Waals surface area contributed by atoms with Crippen molar-refractivity contribution in [3.63, 3.8) is 0 Å². The van der Waals surface area contributed by atoms with E-state index in [0.29, 0.717) is 5.16 Å². The van der Waals surface area contributed by atoms with Crippen LogP contribution in [0.2, 0.25) is 0 Å². The minimum absolute atomic E-state index is 0.410. The Morgan fingerprint density at radius 3 is 2.58 bits per heavy atom. The highest BCUT2D eigenvalue weighted by molar-refractivity contribution is 8.00. The van der Waals surface area contributed by atoms with Gasteiger partial charge < -0.3 is 5.32 Å². The third-order valence-corrected chi connectivity index (χ3v) is 4.44. The van der Waals surface area contributed by atoms with Crippen LogP contribution in [-0.2, 0) is 4.79 Å². The maximum atomic E-state index is 12.3. The van der Waals surface area contributed by atoms with Gasteiger partial charge in [0.2, 0.25) is 11.1 Å². The minimum atomic E-state index is -0.546. The normalized spacial score (nSPS) is 12.5. The first-order valence-corrected chi connectivity index (χ1v) is 9.10. The summed E-state index contributed by atoms with van der Waals surface area (Å²) in [5.74, 6) is -0.410. The van der Waals surface area contributed by atoms with Crippen LogP contribution in [0.25, 0.3) is 5.69 Å². The fourth-order valence-corrected chi connectivity index (χ4v) is 2.95. The summed E-state index contributed by atoms with van der Waals surface area (Å²) in [6.45, 7) is 11.2. The molecule has 1 aromatic heterocycles. The summed E-state index contributed by atoms with van der Waals surface area (Å²) in [4.78, 5) is 24.1. The zero-order valence-electron chi connectivity index (χ0n) is 15.8. The molecule has 2 rings (SSSR count). The fraction of sp³-hybridized carbons (Fsp3) is 0.471. The number of carbonyl (C=O) groups excluding carboxylic acids is 2. The Bertz CT molecular complexity index is 812. The Morgan fingerprint density at radius 2 is 1.92 bits per heavy atom. The van der Waals surface area contributed by atoms with E-state index in [1.54, 1.807) is 11.6 Å². The van der Waals surface area contributed by atoms with Crippen molar-refractivity contribution in [2.45, 2.75) is 57.5 Å². The van der Waals surface area contributed by atoms with Crippen molar-refractivity contribution in [2.75, 3.05) is 0 Å². The highest BCUT2D eigenvalue weighted by Gasteiger charge is 2.23. The topological polar surface area (TPSA) is 102 Å². The Labute approximate surface area is 157 Å². The number of imide groups is 1. The highest BCUT2D eigenvalue weighted by Crippen LogP contribution is 2.24. The standard InChI is InChI=1S/C17H24N6O2S/c1-10-7-8-11(2)13(9-10)23-16(20-21-22-23)26-12(3)14(24)18-15(25)19-17(4,5)6/h7-9,12H,1-6H3,(H2,18,19,24,25)/t12-/m0/s1. The number of benzene rings is 1. The first kappa shape index (κ1) is 19.9. The Hall–Kier alpha value is -2.42. The number of urea groups is 1. The summed E-state index contributed by atoms with van der Waals surface area (Å²) in [6, 6.07) is 5.47. The van der Waals surface area contributed by atoms with Gasteiger partial charge in [0.1, 0.15) is 0 Å².